The molecule has 0 amide bonds. The van der Waals surface area contributed by atoms with Crippen molar-refractivity contribution in [2.75, 3.05) is 19.8 Å². The average Bonchev–Trinajstić information content (AvgIpc) is 3.60. The average molecular weight is 440 g/mol. The number of aromatic nitrogens is 2. The van der Waals surface area contributed by atoms with E-state index in [2.05, 4.69) is 4.90 Å². The minimum Gasteiger partial charge on any atom is -0.439 e. The van der Waals surface area contributed by atoms with E-state index in [0.717, 1.165) is 29.8 Å². The van der Waals surface area contributed by atoms with E-state index in [9.17, 15) is 9.50 Å². The fourth-order valence-electron chi connectivity index (χ4n) is 3.75. The highest BCUT2D eigenvalue weighted by molar-refractivity contribution is 5.43. The summed E-state index contributed by atoms with van der Waals surface area (Å²) in [7, 11) is 0. The van der Waals surface area contributed by atoms with Gasteiger partial charge in [-0.2, -0.15) is 5.10 Å². The van der Waals surface area contributed by atoms with Crippen molar-refractivity contribution in [3.05, 3.63) is 71.7 Å². The van der Waals surface area contributed by atoms with Crippen molar-refractivity contribution in [2.24, 2.45) is 0 Å². The van der Waals surface area contributed by atoms with E-state index in [1.807, 2.05) is 44.2 Å². The Labute approximate surface area is 188 Å². The fourth-order valence-corrected chi connectivity index (χ4v) is 3.75. The van der Waals surface area contributed by atoms with Crippen molar-refractivity contribution in [3.63, 3.8) is 0 Å². The van der Waals surface area contributed by atoms with Crippen LogP contribution in [-0.2, 0) is 11.3 Å². The zero-order valence-corrected chi connectivity index (χ0v) is 18.6. The second-order valence-electron chi connectivity index (χ2n) is 8.15. The van der Waals surface area contributed by atoms with Crippen LogP contribution >= 0.6 is 0 Å². The molecule has 7 heteroatoms. The molecule has 6 nitrogen and oxygen atoms in total. The number of para-hydroxylation sites is 1. The fraction of sp³-hybridized carbons (Fsp3) is 0.400. The Hall–Kier alpha value is -2.74. The van der Waals surface area contributed by atoms with Crippen LogP contribution in [-0.4, -0.2) is 51.7 Å². The van der Waals surface area contributed by atoms with Gasteiger partial charge in [0.15, 0.2) is 0 Å². The third kappa shape index (κ3) is 5.54. The number of aliphatic hydroxyl groups excluding tert-OH is 1. The van der Waals surface area contributed by atoms with E-state index in [0.29, 0.717) is 44.0 Å². The molecule has 32 heavy (non-hydrogen) atoms. The number of aryl methyl sites for hydroxylation is 1. The Morgan fingerprint density at radius 1 is 1.16 bits per heavy atom. The molecule has 0 radical (unpaired) electrons. The van der Waals surface area contributed by atoms with Crippen LogP contribution in [0, 0.1) is 12.7 Å². The van der Waals surface area contributed by atoms with Crippen molar-refractivity contribution < 1.29 is 19.0 Å². The van der Waals surface area contributed by atoms with E-state index < -0.39 is 6.10 Å². The smallest absolute Gasteiger partial charge is 0.227 e. The van der Waals surface area contributed by atoms with Crippen LogP contribution in [0.1, 0.15) is 31.0 Å². The molecule has 0 saturated heterocycles. The highest BCUT2D eigenvalue weighted by atomic mass is 19.1. The van der Waals surface area contributed by atoms with Crippen molar-refractivity contribution in [3.8, 4) is 17.3 Å². The third-order valence-corrected chi connectivity index (χ3v) is 5.55. The number of aliphatic hydroxyl groups is 1. The Kier molecular flexibility index (Phi) is 7.19. The second kappa shape index (κ2) is 10.3. The van der Waals surface area contributed by atoms with Gasteiger partial charge in [0.25, 0.3) is 0 Å². The number of halogens is 1. The van der Waals surface area contributed by atoms with Crippen molar-refractivity contribution >= 4 is 0 Å². The molecular formula is C25H30FN3O3. The monoisotopic (exact) mass is 439 g/mol. The summed E-state index contributed by atoms with van der Waals surface area (Å²) in [5.74, 6) is 0.831. The van der Waals surface area contributed by atoms with Crippen LogP contribution in [0.2, 0.25) is 0 Å². The Morgan fingerprint density at radius 2 is 1.88 bits per heavy atom. The normalized spacial score (nSPS) is 14.7. The van der Waals surface area contributed by atoms with Crippen LogP contribution in [0.4, 0.5) is 4.39 Å². The van der Waals surface area contributed by atoms with Crippen molar-refractivity contribution in [1.29, 1.82) is 0 Å². The first-order valence-electron chi connectivity index (χ1n) is 11.1. The van der Waals surface area contributed by atoms with Crippen LogP contribution in [0.25, 0.3) is 5.69 Å². The van der Waals surface area contributed by atoms with Gasteiger partial charge in [0, 0.05) is 25.7 Å². The number of ether oxygens (including phenoxy) is 2. The molecule has 1 heterocycles. The standard InChI is InChI=1S/C25H30FN3O3/c1-3-31-17-22(30)15-28(20-11-12-20)16-24-18(2)27-29(21-7-5-4-6-8-21)25(24)32-23-13-9-19(26)10-14-23/h4-10,13-14,20,22,30H,3,11-12,15-17H2,1-2H3/t22-/m0/s1. The van der Waals surface area contributed by atoms with Gasteiger partial charge in [-0.15, -0.1) is 0 Å². The first-order valence-corrected chi connectivity index (χ1v) is 11.1. The molecule has 0 bridgehead atoms. The molecule has 1 atom stereocenters. The van der Waals surface area contributed by atoms with E-state index in [1.165, 1.54) is 12.1 Å². The maximum absolute atomic E-state index is 13.4. The van der Waals surface area contributed by atoms with Gasteiger partial charge in [-0.3, -0.25) is 4.90 Å². The summed E-state index contributed by atoms with van der Waals surface area (Å²) in [5, 5.41) is 15.2. The molecule has 2 aromatic carbocycles. The zero-order chi connectivity index (χ0) is 22.5. The molecule has 1 aliphatic carbocycles. The minimum absolute atomic E-state index is 0.312. The molecule has 1 saturated carbocycles. The van der Waals surface area contributed by atoms with Gasteiger partial charge < -0.3 is 14.6 Å². The molecule has 3 aromatic rings. The number of nitrogens with zero attached hydrogens (tertiary/aromatic N) is 3. The van der Waals surface area contributed by atoms with Crippen molar-refractivity contribution in [2.45, 2.75) is 45.4 Å². The quantitative estimate of drug-likeness (QED) is 0.478. The van der Waals surface area contributed by atoms with Crippen LogP contribution in [0.15, 0.2) is 54.6 Å². The molecule has 0 unspecified atom stereocenters. The third-order valence-electron chi connectivity index (χ3n) is 5.55. The highest BCUT2D eigenvalue weighted by Gasteiger charge is 2.32. The van der Waals surface area contributed by atoms with Crippen molar-refractivity contribution in [1.82, 2.24) is 14.7 Å². The summed E-state index contributed by atoms with van der Waals surface area (Å²) >= 11 is 0. The van der Waals surface area contributed by atoms with Gasteiger partial charge in [0.05, 0.1) is 29.7 Å². The zero-order valence-electron chi connectivity index (χ0n) is 18.6. The van der Waals surface area contributed by atoms with Crippen LogP contribution in [0.3, 0.4) is 0 Å². The summed E-state index contributed by atoms with van der Waals surface area (Å²) in [6.45, 7) is 5.92. The maximum Gasteiger partial charge on any atom is 0.227 e. The number of rotatable bonds is 11. The van der Waals surface area contributed by atoms with Gasteiger partial charge in [0.1, 0.15) is 11.6 Å². The van der Waals surface area contributed by atoms with Gasteiger partial charge in [0.2, 0.25) is 5.88 Å². The van der Waals surface area contributed by atoms with Crippen LogP contribution < -0.4 is 4.74 Å². The number of hydrogen-bond donors (Lipinski definition) is 1. The van der Waals surface area contributed by atoms with Crippen LogP contribution in [0.5, 0.6) is 11.6 Å². The lowest BCUT2D eigenvalue weighted by Gasteiger charge is -2.25. The van der Waals surface area contributed by atoms with Gasteiger partial charge >= 0.3 is 0 Å². The lowest BCUT2D eigenvalue weighted by Crippen LogP contribution is -2.36. The first kappa shape index (κ1) is 22.5. The maximum atomic E-state index is 13.4. The second-order valence-corrected chi connectivity index (χ2v) is 8.15. The summed E-state index contributed by atoms with van der Waals surface area (Å²) in [5.41, 5.74) is 2.69. The van der Waals surface area contributed by atoms with E-state index >= 15 is 0 Å². The molecular weight excluding hydrogens is 409 g/mol. The lowest BCUT2D eigenvalue weighted by molar-refractivity contribution is 0.0177. The molecule has 4 rings (SSSR count). The minimum atomic E-state index is -0.554. The topological polar surface area (TPSA) is 59.8 Å². The van der Waals surface area contributed by atoms with Gasteiger partial charge in [-0.1, -0.05) is 18.2 Å². The van der Waals surface area contributed by atoms with E-state index in [1.54, 1.807) is 16.8 Å². The SMILES string of the molecule is CCOC[C@@H](O)CN(Cc1c(C)nn(-c2ccccc2)c1Oc1ccc(F)cc1)C1CC1. The van der Waals surface area contributed by atoms with E-state index in [4.69, 9.17) is 14.6 Å². The first-order chi connectivity index (χ1) is 15.5. The van der Waals surface area contributed by atoms with Gasteiger partial charge in [-0.05, 0) is 63.1 Å². The lowest BCUT2D eigenvalue weighted by atomic mass is 10.2. The molecule has 1 aromatic heterocycles. The Morgan fingerprint density at radius 3 is 2.53 bits per heavy atom. The molecule has 1 aliphatic rings. The summed E-state index contributed by atoms with van der Waals surface area (Å²) in [6.07, 6.45) is 1.67. The largest absolute Gasteiger partial charge is 0.439 e. The molecule has 0 spiro atoms. The molecule has 1 N–H and O–H groups in total. The summed E-state index contributed by atoms with van der Waals surface area (Å²) in [6, 6.07) is 16.2. The van der Waals surface area contributed by atoms with E-state index in [-0.39, 0.29) is 5.82 Å². The Balaban J connectivity index is 1.65. The Bertz CT molecular complexity index is 1000. The number of hydrogen-bond acceptors (Lipinski definition) is 5. The summed E-state index contributed by atoms with van der Waals surface area (Å²) in [4.78, 5) is 2.28. The van der Waals surface area contributed by atoms with Gasteiger partial charge in [-0.25, -0.2) is 9.07 Å². The molecule has 1 fully saturated rings. The summed E-state index contributed by atoms with van der Waals surface area (Å²) < 4.78 is 26.9. The predicted molar refractivity (Wildman–Crippen MR) is 121 cm³/mol. The predicted octanol–water partition coefficient (Wildman–Crippen LogP) is 4.47. The number of benzene rings is 2. The molecule has 0 aliphatic heterocycles. The molecule has 170 valence electrons. The highest BCUT2D eigenvalue weighted by Crippen LogP contribution is 2.35.